The van der Waals surface area contributed by atoms with E-state index in [1.165, 1.54) is 12.1 Å². The van der Waals surface area contributed by atoms with E-state index in [2.05, 4.69) is 10.1 Å². The first kappa shape index (κ1) is 13.5. The Kier molecular flexibility index (Phi) is 3.48. The maximum absolute atomic E-state index is 13.2. The first-order valence-electron chi connectivity index (χ1n) is 6.64. The van der Waals surface area contributed by atoms with Gasteiger partial charge in [0.25, 0.3) is 0 Å². The number of hydrogen-bond acceptors (Lipinski definition) is 4. The zero-order chi connectivity index (χ0) is 14.2. The molecule has 1 aliphatic carbocycles. The molecule has 0 bridgehead atoms. The van der Waals surface area contributed by atoms with Crippen molar-refractivity contribution in [3.05, 3.63) is 34.9 Å². The predicted molar refractivity (Wildman–Crippen MR) is 73.9 cm³/mol. The van der Waals surface area contributed by atoms with E-state index in [4.69, 9.17) is 21.9 Å². The van der Waals surface area contributed by atoms with Crippen molar-refractivity contribution in [3.8, 4) is 11.4 Å². The Hall–Kier alpha value is -1.46. The second kappa shape index (κ2) is 5.14. The maximum Gasteiger partial charge on any atom is 0.234 e. The number of rotatable bonds is 3. The third-order valence-electron chi connectivity index (χ3n) is 4.01. The first-order chi connectivity index (χ1) is 9.64. The highest BCUT2D eigenvalue weighted by Crippen LogP contribution is 2.40. The summed E-state index contributed by atoms with van der Waals surface area (Å²) in [6.45, 7) is 0.499. The Labute approximate surface area is 121 Å². The van der Waals surface area contributed by atoms with Gasteiger partial charge in [-0.3, -0.25) is 0 Å². The lowest BCUT2D eigenvalue weighted by Crippen LogP contribution is -2.32. The van der Waals surface area contributed by atoms with Crippen LogP contribution in [0.3, 0.4) is 0 Å². The average Bonchev–Trinajstić information content (AvgIpc) is 3.10. The highest BCUT2D eigenvalue weighted by atomic mass is 35.5. The van der Waals surface area contributed by atoms with E-state index < -0.39 is 5.82 Å². The third-order valence-corrected chi connectivity index (χ3v) is 4.30. The van der Waals surface area contributed by atoms with Gasteiger partial charge in [-0.05, 0) is 31.0 Å². The van der Waals surface area contributed by atoms with Gasteiger partial charge in [0.1, 0.15) is 5.82 Å². The van der Waals surface area contributed by atoms with Crippen LogP contribution in [-0.2, 0) is 5.41 Å². The number of aromatic nitrogens is 2. The summed E-state index contributed by atoms with van der Waals surface area (Å²) in [6.07, 6.45) is 4.18. The lowest BCUT2D eigenvalue weighted by atomic mass is 9.86. The molecule has 6 heteroatoms. The Morgan fingerprint density at radius 3 is 2.75 bits per heavy atom. The van der Waals surface area contributed by atoms with Gasteiger partial charge in [-0.1, -0.05) is 29.6 Å². The van der Waals surface area contributed by atoms with Crippen LogP contribution in [0.2, 0.25) is 5.02 Å². The van der Waals surface area contributed by atoms with Gasteiger partial charge < -0.3 is 10.3 Å². The molecule has 0 unspecified atom stereocenters. The van der Waals surface area contributed by atoms with Crippen molar-refractivity contribution in [2.24, 2.45) is 5.73 Å². The summed E-state index contributed by atoms with van der Waals surface area (Å²) in [5.41, 5.74) is 6.33. The Morgan fingerprint density at radius 2 is 2.10 bits per heavy atom. The van der Waals surface area contributed by atoms with Crippen molar-refractivity contribution in [2.45, 2.75) is 31.1 Å². The van der Waals surface area contributed by atoms with Crippen molar-refractivity contribution >= 4 is 11.6 Å². The van der Waals surface area contributed by atoms with Gasteiger partial charge in [0.2, 0.25) is 11.7 Å². The second-order valence-corrected chi connectivity index (χ2v) is 5.65. The molecule has 0 atom stereocenters. The second-order valence-electron chi connectivity index (χ2n) is 5.24. The van der Waals surface area contributed by atoms with Crippen molar-refractivity contribution in [1.82, 2.24) is 10.1 Å². The summed E-state index contributed by atoms with van der Waals surface area (Å²) >= 11 is 5.77. The highest BCUT2D eigenvalue weighted by molar-refractivity contribution is 6.31. The maximum atomic E-state index is 13.2. The Balaban J connectivity index is 1.95. The smallest absolute Gasteiger partial charge is 0.234 e. The molecule has 4 nitrogen and oxygen atoms in total. The Morgan fingerprint density at radius 1 is 1.35 bits per heavy atom. The molecule has 3 rings (SSSR count). The molecule has 1 aromatic carbocycles. The van der Waals surface area contributed by atoms with Crippen LogP contribution < -0.4 is 5.73 Å². The summed E-state index contributed by atoms with van der Waals surface area (Å²) in [5.74, 6) is 0.530. The zero-order valence-electron chi connectivity index (χ0n) is 10.9. The summed E-state index contributed by atoms with van der Waals surface area (Å²) in [7, 11) is 0. The minimum atomic E-state index is -0.464. The molecule has 1 aliphatic rings. The lowest BCUT2D eigenvalue weighted by molar-refractivity contribution is 0.284. The molecule has 2 N–H and O–H groups in total. The number of nitrogens with two attached hydrogens (primary N) is 1. The van der Waals surface area contributed by atoms with E-state index in [9.17, 15) is 4.39 Å². The molecule has 0 saturated heterocycles. The van der Waals surface area contributed by atoms with E-state index in [1.54, 1.807) is 6.07 Å². The molecule has 1 fully saturated rings. The van der Waals surface area contributed by atoms with Crippen molar-refractivity contribution in [1.29, 1.82) is 0 Å². The summed E-state index contributed by atoms with van der Waals surface area (Å²) in [4.78, 5) is 4.44. The number of nitrogens with zero attached hydrogens (tertiary/aromatic N) is 2. The average molecular weight is 296 g/mol. The lowest BCUT2D eigenvalue weighted by Gasteiger charge is -2.21. The highest BCUT2D eigenvalue weighted by Gasteiger charge is 2.39. The van der Waals surface area contributed by atoms with Crippen LogP contribution >= 0.6 is 11.6 Å². The minimum Gasteiger partial charge on any atom is -0.338 e. The van der Waals surface area contributed by atoms with E-state index >= 15 is 0 Å². The number of hydrogen-bond donors (Lipinski definition) is 1. The van der Waals surface area contributed by atoms with Crippen LogP contribution in [0.5, 0.6) is 0 Å². The molecule has 106 valence electrons. The standard InChI is InChI=1S/C14H15ClFN3O/c15-10-7-9(3-4-11(10)16)12-18-13(20-19-12)14(8-17)5-1-2-6-14/h3-4,7H,1-2,5-6,8,17H2. The fraction of sp³-hybridized carbons (Fsp3) is 0.429. The Bertz CT molecular complexity index is 623. The molecule has 0 aliphatic heterocycles. The van der Waals surface area contributed by atoms with Gasteiger partial charge in [-0.2, -0.15) is 4.98 Å². The fourth-order valence-corrected chi connectivity index (χ4v) is 2.93. The van der Waals surface area contributed by atoms with Gasteiger partial charge in [0.05, 0.1) is 10.4 Å². The van der Waals surface area contributed by atoms with Gasteiger partial charge >= 0.3 is 0 Å². The minimum absolute atomic E-state index is 0.0447. The molecule has 1 saturated carbocycles. The van der Waals surface area contributed by atoms with Crippen LogP contribution in [-0.4, -0.2) is 16.7 Å². The van der Waals surface area contributed by atoms with E-state index in [0.717, 1.165) is 25.7 Å². The predicted octanol–water partition coefficient (Wildman–Crippen LogP) is 3.30. The van der Waals surface area contributed by atoms with E-state index in [1.807, 2.05) is 0 Å². The van der Waals surface area contributed by atoms with E-state index in [-0.39, 0.29) is 10.4 Å². The van der Waals surface area contributed by atoms with E-state index in [0.29, 0.717) is 23.8 Å². The van der Waals surface area contributed by atoms with Gasteiger partial charge in [0.15, 0.2) is 0 Å². The van der Waals surface area contributed by atoms with Gasteiger partial charge in [-0.25, -0.2) is 4.39 Å². The van der Waals surface area contributed by atoms with Gasteiger partial charge in [0, 0.05) is 12.1 Å². The molecule has 0 amide bonds. The number of halogens is 2. The van der Waals surface area contributed by atoms with Crippen LogP contribution in [0, 0.1) is 5.82 Å². The molecular formula is C14H15ClFN3O. The third kappa shape index (κ3) is 2.21. The topological polar surface area (TPSA) is 64.9 Å². The SMILES string of the molecule is NCC1(c2nc(-c3ccc(F)c(Cl)c3)no2)CCCC1. The van der Waals surface area contributed by atoms with Gasteiger partial charge in [-0.15, -0.1) is 0 Å². The first-order valence-corrected chi connectivity index (χ1v) is 7.02. The van der Waals surface area contributed by atoms with Crippen LogP contribution in [0.1, 0.15) is 31.6 Å². The molecule has 20 heavy (non-hydrogen) atoms. The number of benzene rings is 1. The fourth-order valence-electron chi connectivity index (χ4n) is 2.75. The quantitative estimate of drug-likeness (QED) is 0.943. The summed E-state index contributed by atoms with van der Waals surface area (Å²) < 4.78 is 18.6. The monoisotopic (exact) mass is 295 g/mol. The van der Waals surface area contributed by atoms with Crippen molar-refractivity contribution in [2.75, 3.05) is 6.54 Å². The largest absolute Gasteiger partial charge is 0.338 e. The molecule has 1 heterocycles. The van der Waals surface area contributed by atoms with Crippen molar-refractivity contribution in [3.63, 3.8) is 0 Å². The molecule has 0 spiro atoms. The van der Waals surface area contributed by atoms with Crippen LogP contribution in [0.15, 0.2) is 22.7 Å². The zero-order valence-corrected chi connectivity index (χ0v) is 11.7. The molecular weight excluding hydrogens is 281 g/mol. The van der Waals surface area contributed by atoms with Crippen LogP contribution in [0.25, 0.3) is 11.4 Å². The normalized spacial score (nSPS) is 17.6. The molecule has 1 aromatic heterocycles. The summed E-state index contributed by atoms with van der Waals surface area (Å²) in [6, 6.07) is 4.37. The van der Waals surface area contributed by atoms with Crippen molar-refractivity contribution < 1.29 is 8.91 Å². The summed E-state index contributed by atoms with van der Waals surface area (Å²) in [5, 5.41) is 4.02. The molecule has 2 aromatic rings. The van der Waals surface area contributed by atoms with Crippen LogP contribution in [0.4, 0.5) is 4.39 Å². The molecule has 0 radical (unpaired) electrons.